The minimum atomic E-state index is 0. The smallest absolute Gasteiger partial charge is 0 e. The molecule has 0 N–H and O–H groups in total. The van der Waals surface area contributed by atoms with Gasteiger partial charge < -0.3 is 25.6 Å². The molecule has 0 fully saturated rings. The van der Waals surface area contributed by atoms with Crippen molar-refractivity contribution in [3.05, 3.63) is 43.3 Å². The van der Waals surface area contributed by atoms with Crippen LogP contribution in [0.3, 0.4) is 0 Å². The Kier molecular flexibility index (Phi) is 17.2. The van der Waals surface area contributed by atoms with Crippen molar-refractivity contribution >= 4 is 0 Å². The van der Waals surface area contributed by atoms with E-state index in [9.17, 15) is 0 Å². The Morgan fingerprint density at radius 1 is 1.40 bits per heavy atom. The number of rotatable bonds is 0. The molecular formula is C8H9WY-3. The van der Waals surface area contributed by atoms with Gasteiger partial charge in [-0.25, -0.2) is 0 Å². The summed E-state index contributed by atoms with van der Waals surface area (Å²) < 4.78 is 0. The van der Waals surface area contributed by atoms with Gasteiger partial charge in [-0.15, -0.1) is 0 Å². The molecule has 0 bridgehead atoms. The van der Waals surface area contributed by atoms with Crippen LogP contribution in [0.25, 0.3) is 0 Å². The Morgan fingerprint density at radius 2 is 2.00 bits per heavy atom. The third kappa shape index (κ3) is 7.12. The molecule has 0 saturated carbocycles. The van der Waals surface area contributed by atoms with Crippen molar-refractivity contribution < 1.29 is 53.8 Å². The van der Waals surface area contributed by atoms with E-state index in [4.69, 9.17) is 0 Å². The van der Waals surface area contributed by atoms with Gasteiger partial charge in [0.2, 0.25) is 0 Å². The van der Waals surface area contributed by atoms with Crippen LogP contribution in [-0.4, -0.2) is 0 Å². The quantitative estimate of drug-likeness (QED) is 0.607. The molecule has 1 rings (SSSR count). The number of hydrogen-bond acceptors (Lipinski definition) is 0. The maximum atomic E-state index is 2.98. The summed E-state index contributed by atoms with van der Waals surface area (Å²) in [7, 11) is 0. The van der Waals surface area contributed by atoms with E-state index < -0.39 is 0 Å². The van der Waals surface area contributed by atoms with Gasteiger partial charge in [0.1, 0.15) is 0 Å². The molecule has 1 aromatic carbocycles. The molecule has 0 unspecified atom stereocenters. The van der Waals surface area contributed by atoms with Crippen molar-refractivity contribution in [1.29, 1.82) is 0 Å². The predicted molar refractivity (Wildman–Crippen MR) is 35.3 cm³/mol. The molecule has 1 radical (unpaired) electrons. The molecule has 0 aliphatic carbocycles. The SMILES string of the molecule is Cc1[c-]c[c-]cc1.[CH3-].[W].[Y]. The Hall–Kier alpha value is 1.01. The van der Waals surface area contributed by atoms with E-state index >= 15 is 0 Å². The first-order chi connectivity index (χ1) is 3.39. The molecule has 0 spiro atoms. The summed E-state index contributed by atoms with van der Waals surface area (Å²) in [5.41, 5.74) is 1.17. The molecular weight excluding hydrogens is 369 g/mol. The second kappa shape index (κ2) is 10.0. The second-order valence-electron chi connectivity index (χ2n) is 1.47. The monoisotopic (exact) mass is 378 g/mol. The van der Waals surface area contributed by atoms with Gasteiger partial charge in [-0.2, -0.15) is 0 Å². The van der Waals surface area contributed by atoms with Crippen LogP contribution in [0.4, 0.5) is 0 Å². The topological polar surface area (TPSA) is 0 Å². The summed E-state index contributed by atoms with van der Waals surface area (Å²) in [5.74, 6) is 0. The van der Waals surface area contributed by atoms with Crippen molar-refractivity contribution in [2.45, 2.75) is 6.92 Å². The van der Waals surface area contributed by atoms with Gasteiger partial charge in [0.25, 0.3) is 0 Å². The standard InChI is InChI=1S/C7H6.CH3.W.Y/c1-7-5-3-2-4-6-7;;;/h3-5H,1H3;1H3;;/q-2;-1;;. The van der Waals surface area contributed by atoms with Crippen molar-refractivity contribution in [3.8, 4) is 0 Å². The maximum Gasteiger partial charge on any atom is 0 e. The van der Waals surface area contributed by atoms with Crippen molar-refractivity contribution in [1.82, 2.24) is 0 Å². The molecule has 0 heterocycles. The molecule has 53 valence electrons. The fourth-order valence-electron chi connectivity index (χ4n) is 0.425. The zero-order valence-corrected chi connectivity index (χ0v) is 12.0. The fraction of sp³-hybridized carbons (Fsp3) is 0.125. The Labute approximate surface area is 103 Å². The number of benzene rings is 1. The molecule has 1 aromatic rings. The minimum Gasteiger partial charge on any atom is -0.359 e. The van der Waals surface area contributed by atoms with E-state index in [1.807, 2.05) is 19.1 Å². The van der Waals surface area contributed by atoms with Crippen molar-refractivity contribution in [3.63, 3.8) is 0 Å². The van der Waals surface area contributed by atoms with E-state index in [1.54, 1.807) is 6.07 Å². The van der Waals surface area contributed by atoms with E-state index in [1.165, 1.54) is 5.56 Å². The van der Waals surface area contributed by atoms with Gasteiger partial charge in [-0.1, -0.05) is 6.92 Å². The molecule has 0 nitrogen and oxygen atoms in total. The Bertz CT molecular complexity index is 139. The third-order valence-electron chi connectivity index (χ3n) is 0.813. The predicted octanol–water partition coefficient (Wildman–Crippen LogP) is 2.04. The van der Waals surface area contributed by atoms with E-state index in [0.717, 1.165) is 0 Å². The van der Waals surface area contributed by atoms with E-state index in [-0.39, 0.29) is 61.2 Å². The van der Waals surface area contributed by atoms with Gasteiger partial charge in [-0.3, -0.25) is 17.7 Å². The summed E-state index contributed by atoms with van der Waals surface area (Å²) in [6, 6.07) is 11.5. The first-order valence-electron chi connectivity index (χ1n) is 2.24. The molecule has 2 heteroatoms. The summed E-state index contributed by atoms with van der Waals surface area (Å²) in [5, 5.41) is 0. The summed E-state index contributed by atoms with van der Waals surface area (Å²) in [6.07, 6.45) is 0. The summed E-state index contributed by atoms with van der Waals surface area (Å²) in [6.45, 7) is 2.01. The molecule has 0 aliphatic heterocycles. The molecule has 0 amide bonds. The molecule has 10 heavy (non-hydrogen) atoms. The van der Waals surface area contributed by atoms with Gasteiger partial charge in [0.05, 0.1) is 0 Å². The van der Waals surface area contributed by atoms with E-state index in [2.05, 4.69) is 12.1 Å². The van der Waals surface area contributed by atoms with Gasteiger partial charge in [0.15, 0.2) is 0 Å². The third-order valence-corrected chi connectivity index (χ3v) is 0.813. The average molecular weight is 378 g/mol. The van der Waals surface area contributed by atoms with Gasteiger partial charge >= 0.3 is 0 Å². The van der Waals surface area contributed by atoms with Crippen LogP contribution in [-0.2, 0) is 53.8 Å². The van der Waals surface area contributed by atoms with Gasteiger partial charge in [-0.05, 0) is 0 Å². The van der Waals surface area contributed by atoms with Crippen LogP contribution in [0, 0.1) is 26.5 Å². The first-order valence-corrected chi connectivity index (χ1v) is 2.24. The van der Waals surface area contributed by atoms with Crippen LogP contribution < -0.4 is 0 Å². The summed E-state index contributed by atoms with van der Waals surface area (Å²) >= 11 is 0. The van der Waals surface area contributed by atoms with Crippen molar-refractivity contribution in [2.75, 3.05) is 0 Å². The summed E-state index contributed by atoms with van der Waals surface area (Å²) in [4.78, 5) is 0. The Balaban J connectivity index is -0.000000163. The normalized spacial score (nSPS) is 6.10. The fourth-order valence-corrected chi connectivity index (χ4v) is 0.425. The van der Waals surface area contributed by atoms with Crippen molar-refractivity contribution in [2.24, 2.45) is 0 Å². The zero-order valence-electron chi connectivity index (χ0n) is 6.22. The van der Waals surface area contributed by atoms with Crippen LogP contribution in [0.15, 0.2) is 18.2 Å². The van der Waals surface area contributed by atoms with Crippen LogP contribution >= 0.6 is 0 Å². The van der Waals surface area contributed by atoms with Crippen LogP contribution in [0.5, 0.6) is 0 Å². The Morgan fingerprint density at radius 3 is 2.20 bits per heavy atom. The largest absolute Gasteiger partial charge is 0.359 e. The van der Waals surface area contributed by atoms with Crippen LogP contribution in [0.1, 0.15) is 5.56 Å². The van der Waals surface area contributed by atoms with Crippen LogP contribution in [0.2, 0.25) is 0 Å². The molecule has 0 atom stereocenters. The van der Waals surface area contributed by atoms with E-state index in [0.29, 0.717) is 0 Å². The molecule has 0 saturated heterocycles. The number of aryl methyl sites for hydroxylation is 1. The average Bonchev–Trinajstić information content (AvgIpc) is 1.69. The number of hydrogen-bond donors (Lipinski definition) is 0. The molecule has 0 aliphatic rings. The zero-order chi connectivity index (χ0) is 5.11. The maximum absolute atomic E-state index is 2.98. The minimum absolute atomic E-state index is 0. The molecule has 0 aromatic heterocycles. The second-order valence-corrected chi connectivity index (χ2v) is 1.47. The van der Waals surface area contributed by atoms with Gasteiger partial charge in [0, 0.05) is 53.8 Å². The first kappa shape index (κ1) is 17.2.